The third-order valence-electron chi connectivity index (χ3n) is 4.34. The van der Waals surface area contributed by atoms with Crippen molar-refractivity contribution in [2.24, 2.45) is 0 Å². The summed E-state index contributed by atoms with van der Waals surface area (Å²) < 4.78 is 1.28. The van der Waals surface area contributed by atoms with Gasteiger partial charge in [0.25, 0.3) is 0 Å². The fourth-order valence-electron chi connectivity index (χ4n) is 3.08. The minimum atomic E-state index is -1.15. The number of carboxylic acids is 1. The molecule has 0 spiro atoms. The molecule has 1 atom stereocenters. The number of hydrogen-bond acceptors (Lipinski definition) is 4. The second kappa shape index (κ2) is 6.82. The first-order valence-corrected chi connectivity index (χ1v) is 8.01. The molecule has 2 heterocycles. The summed E-state index contributed by atoms with van der Waals surface area (Å²) in [5, 5.41) is 16.1. The average molecular weight is 328 g/mol. The lowest BCUT2D eigenvalue weighted by Gasteiger charge is -2.25. The maximum absolute atomic E-state index is 12.5. The molecule has 0 bridgehead atoms. The lowest BCUT2D eigenvalue weighted by Crippen LogP contribution is -2.39. The van der Waals surface area contributed by atoms with Gasteiger partial charge in [0.15, 0.2) is 5.69 Å². The van der Waals surface area contributed by atoms with Crippen LogP contribution in [0.5, 0.6) is 0 Å². The van der Waals surface area contributed by atoms with Gasteiger partial charge >= 0.3 is 5.97 Å². The van der Waals surface area contributed by atoms with Gasteiger partial charge in [0.2, 0.25) is 5.91 Å². The molecular formula is C17H20N4O3. The second-order valence-electron chi connectivity index (χ2n) is 6.18. The monoisotopic (exact) mass is 328 g/mol. The highest BCUT2D eigenvalue weighted by Gasteiger charge is 2.29. The molecule has 1 unspecified atom stereocenters. The minimum Gasteiger partial charge on any atom is -0.476 e. The molecular weight excluding hydrogens is 308 g/mol. The first kappa shape index (κ1) is 16.2. The fourth-order valence-corrected chi connectivity index (χ4v) is 3.08. The summed E-state index contributed by atoms with van der Waals surface area (Å²) >= 11 is 0. The summed E-state index contributed by atoms with van der Waals surface area (Å²) in [6, 6.07) is 8.56. The van der Waals surface area contributed by atoms with Crippen LogP contribution in [0.4, 0.5) is 0 Å². The van der Waals surface area contributed by atoms with E-state index in [-0.39, 0.29) is 24.2 Å². The molecule has 2 aromatic rings. The van der Waals surface area contributed by atoms with E-state index >= 15 is 0 Å². The molecule has 7 nitrogen and oxygen atoms in total. The summed E-state index contributed by atoms with van der Waals surface area (Å²) in [4.78, 5) is 25.2. The number of aromatic nitrogens is 3. The summed E-state index contributed by atoms with van der Waals surface area (Å²) in [5.74, 6) is -1.20. The number of benzene rings is 1. The van der Waals surface area contributed by atoms with Gasteiger partial charge in [0.05, 0.1) is 6.20 Å². The number of aryl methyl sites for hydroxylation is 1. The number of likely N-dealkylation sites (tertiary alicyclic amines) is 1. The van der Waals surface area contributed by atoms with E-state index in [1.165, 1.54) is 22.0 Å². The van der Waals surface area contributed by atoms with Crippen LogP contribution in [-0.4, -0.2) is 49.5 Å². The van der Waals surface area contributed by atoms with Crippen molar-refractivity contribution in [1.29, 1.82) is 0 Å². The van der Waals surface area contributed by atoms with Gasteiger partial charge in [-0.15, -0.1) is 5.10 Å². The Hall–Kier alpha value is -2.70. The predicted octanol–water partition coefficient (Wildman–Crippen LogP) is 1.52. The van der Waals surface area contributed by atoms with Gasteiger partial charge in [-0.2, -0.15) is 0 Å². The van der Waals surface area contributed by atoms with Gasteiger partial charge in [0.1, 0.15) is 6.54 Å². The topological polar surface area (TPSA) is 88.3 Å². The van der Waals surface area contributed by atoms with E-state index in [0.29, 0.717) is 0 Å². The summed E-state index contributed by atoms with van der Waals surface area (Å²) in [7, 11) is 0. The average Bonchev–Trinajstić information content (AvgIpc) is 3.19. The number of aromatic carboxylic acids is 1. The van der Waals surface area contributed by atoms with Crippen molar-refractivity contribution >= 4 is 11.9 Å². The van der Waals surface area contributed by atoms with Gasteiger partial charge in [-0.1, -0.05) is 35.0 Å². The Bertz CT molecular complexity index is 739. The predicted molar refractivity (Wildman–Crippen MR) is 86.6 cm³/mol. The highest BCUT2D eigenvalue weighted by atomic mass is 16.4. The Morgan fingerprint density at radius 1 is 1.29 bits per heavy atom. The van der Waals surface area contributed by atoms with Gasteiger partial charge in [-0.3, -0.25) is 4.79 Å². The lowest BCUT2D eigenvalue weighted by atomic mass is 10.0. The molecule has 1 aliphatic rings. The molecule has 24 heavy (non-hydrogen) atoms. The van der Waals surface area contributed by atoms with E-state index in [4.69, 9.17) is 5.11 Å². The van der Waals surface area contributed by atoms with Crippen molar-refractivity contribution in [2.75, 3.05) is 6.54 Å². The van der Waals surface area contributed by atoms with Gasteiger partial charge in [-0.25, -0.2) is 9.48 Å². The molecule has 1 fully saturated rings. The van der Waals surface area contributed by atoms with Crippen LogP contribution in [0.2, 0.25) is 0 Å². The minimum absolute atomic E-state index is 0.0185. The van der Waals surface area contributed by atoms with Crippen molar-refractivity contribution in [1.82, 2.24) is 19.9 Å². The van der Waals surface area contributed by atoms with Crippen molar-refractivity contribution in [3.8, 4) is 0 Å². The number of carboxylic acid groups (broad SMARTS) is 1. The molecule has 1 aromatic heterocycles. The number of amides is 1. The molecule has 1 saturated heterocycles. The Morgan fingerprint density at radius 2 is 2.04 bits per heavy atom. The number of hydrogen-bond donors (Lipinski definition) is 1. The number of carbonyl (C=O) groups is 2. The van der Waals surface area contributed by atoms with Crippen LogP contribution in [-0.2, 0) is 17.8 Å². The standard InChI is InChI=1S/C17H20N4O3/c1-12-4-6-13(7-5-12)9-14-3-2-8-21(14)16(22)11-20-10-15(17(23)24)18-19-20/h4-7,10,14H,2-3,8-9,11H2,1H3,(H,23,24). The van der Waals surface area contributed by atoms with Crippen molar-refractivity contribution < 1.29 is 14.7 Å². The molecule has 3 rings (SSSR count). The lowest BCUT2D eigenvalue weighted by molar-refractivity contribution is -0.132. The summed E-state index contributed by atoms with van der Waals surface area (Å²) in [6.07, 6.45) is 4.09. The van der Waals surface area contributed by atoms with Crippen LogP contribution in [0, 0.1) is 6.92 Å². The zero-order valence-electron chi connectivity index (χ0n) is 13.6. The van der Waals surface area contributed by atoms with E-state index in [1.807, 2.05) is 4.90 Å². The highest BCUT2D eigenvalue weighted by molar-refractivity contribution is 5.84. The largest absolute Gasteiger partial charge is 0.476 e. The maximum Gasteiger partial charge on any atom is 0.358 e. The normalized spacial score (nSPS) is 17.2. The van der Waals surface area contributed by atoms with Gasteiger partial charge in [0, 0.05) is 12.6 Å². The van der Waals surface area contributed by atoms with E-state index in [9.17, 15) is 9.59 Å². The molecule has 0 radical (unpaired) electrons. The zero-order valence-corrected chi connectivity index (χ0v) is 13.6. The fraction of sp³-hybridized carbons (Fsp3) is 0.412. The van der Waals surface area contributed by atoms with Crippen molar-refractivity contribution in [3.05, 3.63) is 47.3 Å². The SMILES string of the molecule is Cc1ccc(CC2CCCN2C(=O)Cn2cc(C(=O)O)nn2)cc1. The van der Waals surface area contributed by atoms with Crippen LogP contribution in [0.3, 0.4) is 0 Å². The Kier molecular flexibility index (Phi) is 4.59. The van der Waals surface area contributed by atoms with Crippen LogP contribution < -0.4 is 0 Å². The molecule has 1 aliphatic heterocycles. The van der Waals surface area contributed by atoms with Crippen LogP contribution in [0.1, 0.15) is 34.5 Å². The Morgan fingerprint density at radius 3 is 2.71 bits per heavy atom. The molecule has 126 valence electrons. The molecule has 0 saturated carbocycles. The van der Waals surface area contributed by atoms with Crippen LogP contribution in [0.25, 0.3) is 0 Å². The third-order valence-corrected chi connectivity index (χ3v) is 4.34. The first-order valence-electron chi connectivity index (χ1n) is 8.01. The van der Waals surface area contributed by atoms with Crippen LogP contribution in [0.15, 0.2) is 30.5 Å². The second-order valence-corrected chi connectivity index (χ2v) is 6.18. The van der Waals surface area contributed by atoms with E-state index < -0.39 is 5.97 Å². The van der Waals surface area contributed by atoms with E-state index in [1.54, 1.807) is 0 Å². The first-order chi connectivity index (χ1) is 11.5. The third kappa shape index (κ3) is 3.61. The highest BCUT2D eigenvalue weighted by Crippen LogP contribution is 2.22. The molecule has 7 heteroatoms. The number of nitrogens with zero attached hydrogens (tertiary/aromatic N) is 4. The molecule has 0 aliphatic carbocycles. The summed E-state index contributed by atoms with van der Waals surface area (Å²) in [5.41, 5.74) is 2.29. The van der Waals surface area contributed by atoms with E-state index in [2.05, 4.69) is 41.5 Å². The molecule has 1 N–H and O–H groups in total. The van der Waals surface area contributed by atoms with E-state index in [0.717, 1.165) is 25.8 Å². The molecule has 1 amide bonds. The van der Waals surface area contributed by atoms with Gasteiger partial charge in [-0.05, 0) is 31.7 Å². The number of carbonyl (C=O) groups excluding carboxylic acids is 1. The Labute approximate surface area is 139 Å². The Balaban J connectivity index is 1.64. The smallest absolute Gasteiger partial charge is 0.358 e. The molecule has 1 aromatic carbocycles. The maximum atomic E-state index is 12.5. The number of rotatable bonds is 5. The summed E-state index contributed by atoms with van der Waals surface area (Å²) in [6.45, 7) is 2.80. The van der Waals surface area contributed by atoms with Crippen LogP contribution >= 0.6 is 0 Å². The van der Waals surface area contributed by atoms with Crippen molar-refractivity contribution in [2.45, 2.75) is 38.8 Å². The van der Waals surface area contributed by atoms with Crippen molar-refractivity contribution in [3.63, 3.8) is 0 Å². The quantitative estimate of drug-likeness (QED) is 0.899. The zero-order chi connectivity index (χ0) is 17.1. The van der Waals surface area contributed by atoms with Gasteiger partial charge < -0.3 is 10.0 Å².